The van der Waals surface area contributed by atoms with Crippen molar-refractivity contribution in [1.82, 2.24) is 0 Å². The Labute approximate surface area is 129 Å². The fourth-order valence-electron chi connectivity index (χ4n) is 1.95. The molecule has 2 rings (SSSR count). The summed E-state index contributed by atoms with van der Waals surface area (Å²) >= 11 is 12.1. The maximum absolute atomic E-state index is 6.13. The average Bonchev–Trinajstić information content (AvgIpc) is 2.47. The number of halogens is 2. The van der Waals surface area contributed by atoms with Crippen molar-refractivity contribution in [3.05, 3.63) is 63.6 Å². The summed E-state index contributed by atoms with van der Waals surface area (Å²) in [6.45, 7) is 2.42. The molecular weight excluding hydrogens is 293 g/mol. The van der Waals surface area contributed by atoms with Crippen LogP contribution in [0.4, 0.5) is 0 Å². The number of hydrogen-bond donors (Lipinski definition) is 1. The van der Waals surface area contributed by atoms with Gasteiger partial charge in [0.05, 0.1) is 0 Å². The van der Waals surface area contributed by atoms with Gasteiger partial charge in [0.25, 0.3) is 0 Å². The molecule has 20 heavy (non-hydrogen) atoms. The molecule has 1 atom stereocenters. The van der Waals surface area contributed by atoms with Gasteiger partial charge in [-0.15, -0.1) is 0 Å². The number of ether oxygens (including phenoxy) is 1. The molecule has 1 unspecified atom stereocenters. The van der Waals surface area contributed by atoms with Gasteiger partial charge < -0.3 is 10.5 Å². The smallest absolute Gasteiger partial charge is 0.124 e. The van der Waals surface area contributed by atoms with Crippen molar-refractivity contribution in [2.24, 2.45) is 5.73 Å². The Morgan fingerprint density at radius 2 is 1.90 bits per heavy atom. The first-order valence-corrected chi connectivity index (χ1v) is 7.28. The van der Waals surface area contributed by atoms with E-state index in [0.29, 0.717) is 16.7 Å². The van der Waals surface area contributed by atoms with Gasteiger partial charge in [-0.3, -0.25) is 0 Å². The van der Waals surface area contributed by atoms with Crippen molar-refractivity contribution in [3.8, 4) is 5.75 Å². The maximum Gasteiger partial charge on any atom is 0.124 e. The Bertz CT molecular complexity index is 586. The van der Waals surface area contributed by atoms with Gasteiger partial charge in [-0.1, -0.05) is 48.3 Å². The molecular formula is C16H17Cl2NO. The minimum atomic E-state index is -0.0268. The van der Waals surface area contributed by atoms with Crippen LogP contribution in [0.1, 0.15) is 30.5 Å². The van der Waals surface area contributed by atoms with E-state index < -0.39 is 0 Å². The van der Waals surface area contributed by atoms with Crippen LogP contribution in [0.2, 0.25) is 10.0 Å². The lowest BCUT2D eigenvalue weighted by Gasteiger charge is -2.16. The topological polar surface area (TPSA) is 35.2 Å². The quantitative estimate of drug-likeness (QED) is 0.845. The second-order valence-electron chi connectivity index (χ2n) is 4.58. The zero-order valence-corrected chi connectivity index (χ0v) is 12.8. The van der Waals surface area contributed by atoms with E-state index in [2.05, 4.69) is 6.92 Å². The summed E-state index contributed by atoms with van der Waals surface area (Å²) in [7, 11) is 0. The molecule has 2 N–H and O–H groups in total. The first kappa shape index (κ1) is 15.2. The Hall–Kier alpha value is -1.22. The van der Waals surface area contributed by atoms with Gasteiger partial charge in [0.15, 0.2) is 0 Å². The van der Waals surface area contributed by atoms with Crippen molar-refractivity contribution in [2.45, 2.75) is 26.0 Å². The Balaban J connectivity index is 2.17. The molecule has 0 fully saturated rings. The maximum atomic E-state index is 6.13. The summed E-state index contributed by atoms with van der Waals surface area (Å²) in [5.41, 5.74) is 7.96. The van der Waals surface area contributed by atoms with E-state index in [1.807, 2.05) is 30.3 Å². The molecule has 0 amide bonds. The summed E-state index contributed by atoms with van der Waals surface area (Å²) in [6, 6.07) is 13.1. The molecule has 0 heterocycles. The Morgan fingerprint density at radius 1 is 1.15 bits per heavy atom. The van der Waals surface area contributed by atoms with Crippen LogP contribution in [0, 0.1) is 0 Å². The molecule has 0 aliphatic heterocycles. The molecule has 0 aliphatic rings. The molecule has 2 nitrogen and oxygen atoms in total. The third-order valence-electron chi connectivity index (χ3n) is 3.15. The van der Waals surface area contributed by atoms with E-state index in [9.17, 15) is 0 Å². The van der Waals surface area contributed by atoms with Crippen LogP contribution >= 0.6 is 23.2 Å². The van der Waals surface area contributed by atoms with Gasteiger partial charge in [0.2, 0.25) is 0 Å². The van der Waals surface area contributed by atoms with Crippen molar-refractivity contribution in [2.75, 3.05) is 0 Å². The normalized spacial score (nSPS) is 12.2. The van der Waals surface area contributed by atoms with Crippen LogP contribution in [0.25, 0.3) is 0 Å². The number of para-hydroxylation sites is 1. The third kappa shape index (κ3) is 3.66. The molecule has 0 bridgehead atoms. The van der Waals surface area contributed by atoms with Gasteiger partial charge in [0, 0.05) is 27.2 Å². The van der Waals surface area contributed by atoms with Gasteiger partial charge >= 0.3 is 0 Å². The summed E-state index contributed by atoms with van der Waals surface area (Å²) in [4.78, 5) is 0. The molecule has 4 heteroatoms. The molecule has 2 aromatic rings. The Kier molecular flexibility index (Phi) is 5.30. The minimum Gasteiger partial charge on any atom is -0.489 e. The summed E-state index contributed by atoms with van der Waals surface area (Å²) in [5, 5.41) is 1.29. The van der Waals surface area contributed by atoms with Gasteiger partial charge in [-0.25, -0.2) is 0 Å². The molecule has 2 aromatic carbocycles. The zero-order chi connectivity index (χ0) is 14.5. The van der Waals surface area contributed by atoms with Crippen LogP contribution in [-0.4, -0.2) is 0 Å². The second-order valence-corrected chi connectivity index (χ2v) is 5.42. The molecule has 106 valence electrons. The van der Waals surface area contributed by atoms with E-state index in [1.54, 1.807) is 12.1 Å². The monoisotopic (exact) mass is 309 g/mol. The molecule has 0 aromatic heterocycles. The summed E-state index contributed by atoms with van der Waals surface area (Å²) in [6.07, 6.45) is 0.859. The Morgan fingerprint density at radius 3 is 2.65 bits per heavy atom. The highest BCUT2D eigenvalue weighted by Crippen LogP contribution is 2.27. The predicted molar refractivity (Wildman–Crippen MR) is 84.5 cm³/mol. The molecule has 0 aliphatic carbocycles. The first-order valence-electron chi connectivity index (χ1n) is 6.53. The van der Waals surface area contributed by atoms with Crippen LogP contribution in [0.15, 0.2) is 42.5 Å². The standard InChI is InChI=1S/C16H17Cl2NO/c1-2-15(19)13-5-3-4-6-16(13)20-10-11-9-12(17)7-8-14(11)18/h3-9,15H,2,10,19H2,1H3. The number of benzene rings is 2. The van der Waals surface area contributed by atoms with E-state index in [1.165, 1.54) is 0 Å². The average molecular weight is 310 g/mol. The molecule has 0 saturated carbocycles. The zero-order valence-electron chi connectivity index (χ0n) is 11.3. The third-order valence-corrected chi connectivity index (χ3v) is 3.75. The summed E-state index contributed by atoms with van der Waals surface area (Å²) < 4.78 is 5.86. The summed E-state index contributed by atoms with van der Waals surface area (Å²) in [5.74, 6) is 0.790. The van der Waals surface area contributed by atoms with Gasteiger partial charge in [-0.2, -0.15) is 0 Å². The second kappa shape index (κ2) is 6.98. The highest BCUT2D eigenvalue weighted by molar-refractivity contribution is 6.33. The molecule has 0 saturated heterocycles. The van der Waals surface area contributed by atoms with E-state index in [4.69, 9.17) is 33.7 Å². The van der Waals surface area contributed by atoms with E-state index >= 15 is 0 Å². The molecule has 0 spiro atoms. The number of rotatable bonds is 5. The highest BCUT2D eigenvalue weighted by atomic mass is 35.5. The van der Waals surface area contributed by atoms with Crippen LogP contribution in [0.5, 0.6) is 5.75 Å². The van der Waals surface area contributed by atoms with Crippen molar-refractivity contribution in [1.29, 1.82) is 0 Å². The van der Waals surface area contributed by atoms with Crippen LogP contribution < -0.4 is 10.5 Å². The van der Waals surface area contributed by atoms with Crippen LogP contribution in [-0.2, 0) is 6.61 Å². The largest absolute Gasteiger partial charge is 0.489 e. The SMILES string of the molecule is CCC(N)c1ccccc1OCc1cc(Cl)ccc1Cl. The number of nitrogens with two attached hydrogens (primary N) is 1. The highest BCUT2D eigenvalue weighted by Gasteiger charge is 2.10. The fraction of sp³-hybridized carbons (Fsp3) is 0.250. The van der Waals surface area contributed by atoms with E-state index in [0.717, 1.165) is 23.3 Å². The van der Waals surface area contributed by atoms with Gasteiger partial charge in [0.1, 0.15) is 12.4 Å². The first-order chi connectivity index (χ1) is 9.61. The lowest BCUT2D eigenvalue weighted by Crippen LogP contribution is -2.10. The molecule has 0 radical (unpaired) electrons. The number of hydrogen-bond acceptors (Lipinski definition) is 2. The van der Waals surface area contributed by atoms with E-state index in [-0.39, 0.29) is 6.04 Å². The predicted octanol–water partition coefficient (Wildman–Crippen LogP) is 4.98. The van der Waals surface area contributed by atoms with Crippen molar-refractivity contribution in [3.63, 3.8) is 0 Å². The minimum absolute atomic E-state index is 0.0268. The van der Waals surface area contributed by atoms with Gasteiger partial charge in [-0.05, 0) is 30.7 Å². The van der Waals surface area contributed by atoms with Crippen molar-refractivity contribution >= 4 is 23.2 Å². The van der Waals surface area contributed by atoms with Crippen LogP contribution in [0.3, 0.4) is 0 Å². The van der Waals surface area contributed by atoms with Crippen molar-refractivity contribution < 1.29 is 4.74 Å². The fourth-order valence-corrected chi connectivity index (χ4v) is 2.31. The lowest BCUT2D eigenvalue weighted by molar-refractivity contribution is 0.301. The lowest BCUT2D eigenvalue weighted by atomic mass is 10.0.